The summed E-state index contributed by atoms with van der Waals surface area (Å²) in [5.41, 5.74) is 0.290. The molecule has 0 atom stereocenters. The van der Waals surface area contributed by atoms with Gasteiger partial charge in [-0.25, -0.2) is 8.42 Å². The van der Waals surface area contributed by atoms with Crippen molar-refractivity contribution < 1.29 is 17.9 Å². The third kappa shape index (κ3) is 5.27. The highest BCUT2D eigenvalue weighted by molar-refractivity contribution is 7.89. The molecule has 1 amide bonds. The zero-order valence-corrected chi connectivity index (χ0v) is 17.6. The van der Waals surface area contributed by atoms with E-state index < -0.39 is 22.5 Å². The summed E-state index contributed by atoms with van der Waals surface area (Å²) in [4.78, 5) is 12.1. The number of anilines is 1. The second kappa shape index (κ2) is 9.12. The van der Waals surface area contributed by atoms with Gasteiger partial charge >= 0.3 is 0 Å². The van der Waals surface area contributed by atoms with Crippen LogP contribution in [0.25, 0.3) is 0 Å². The molecular weight excluding hydrogens is 435 g/mol. The van der Waals surface area contributed by atoms with Gasteiger partial charge in [0.1, 0.15) is 10.6 Å². The van der Waals surface area contributed by atoms with Crippen molar-refractivity contribution >= 4 is 56.4 Å². The molecule has 0 saturated carbocycles. The van der Waals surface area contributed by atoms with Crippen molar-refractivity contribution in [3.05, 3.63) is 51.5 Å². The second-order valence-corrected chi connectivity index (χ2v) is 8.67. The zero-order chi connectivity index (χ0) is 20.2. The van der Waals surface area contributed by atoms with Crippen LogP contribution < -0.4 is 10.1 Å². The van der Waals surface area contributed by atoms with E-state index in [9.17, 15) is 13.2 Å². The zero-order valence-electron chi connectivity index (χ0n) is 14.5. The van der Waals surface area contributed by atoms with Crippen molar-refractivity contribution in [2.24, 2.45) is 0 Å². The van der Waals surface area contributed by atoms with E-state index in [-0.39, 0.29) is 38.0 Å². The highest BCUT2D eigenvalue weighted by Gasteiger charge is 2.27. The fourth-order valence-electron chi connectivity index (χ4n) is 2.20. The fourth-order valence-corrected chi connectivity index (χ4v) is 4.07. The molecular formula is C17H17Cl3N2O4S. The standard InChI is InChI=1S/C17H17Cl3N2O4S/c1-3-26-14-8-7-11(18)9-15(14)27(24,25)22(2)10-16(23)21-13-6-4-5-12(19)17(13)20/h4-9H,3,10H2,1-2H3,(H,21,23). The average Bonchev–Trinajstić information content (AvgIpc) is 2.60. The Labute approximate surface area is 173 Å². The van der Waals surface area contributed by atoms with Gasteiger partial charge in [-0.1, -0.05) is 40.9 Å². The lowest BCUT2D eigenvalue weighted by Crippen LogP contribution is -2.35. The van der Waals surface area contributed by atoms with Gasteiger partial charge in [-0.05, 0) is 37.3 Å². The van der Waals surface area contributed by atoms with Crippen molar-refractivity contribution in [2.45, 2.75) is 11.8 Å². The third-order valence-electron chi connectivity index (χ3n) is 3.49. The topological polar surface area (TPSA) is 75.7 Å². The summed E-state index contributed by atoms with van der Waals surface area (Å²) in [6, 6.07) is 9.03. The molecule has 0 fully saturated rings. The van der Waals surface area contributed by atoms with E-state index in [1.165, 1.54) is 25.2 Å². The summed E-state index contributed by atoms with van der Waals surface area (Å²) in [6.45, 7) is 1.57. The molecule has 146 valence electrons. The number of sulfonamides is 1. The highest BCUT2D eigenvalue weighted by Crippen LogP contribution is 2.31. The van der Waals surface area contributed by atoms with Crippen LogP contribution in [0.4, 0.5) is 5.69 Å². The Morgan fingerprint density at radius 2 is 1.89 bits per heavy atom. The molecule has 0 aliphatic carbocycles. The monoisotopic (exact) mass is 450 g/mol. The molecule has 0 aromatic heterocycles. The van der Waals surface area contributed by atoms with Crippen LogP contribution in [0.5, 0.6) is 5.75 Å². The van der Waals surface area contributed by atoms with Crippen LogP contribution in [-0.4, -0.2) is 38.8 Å². The number of halogens is 3. The number of amides is 1. The summed E-state index contributed by atoms with van der Waals surface area (Å²) in [7, 11) is -2.73. The first-order valence-electron chi connectivity index (χ1n) is 7.79. The molecule has 10 heteroatoms. The van der Waals surface area contributed by atoms with Gasteiger partial charge < -0.3 is 10.1 Å². The Balaban J connectivity index is 2.21. The number of hydrogen-bond donors (Lipinski definition) is 1. The highest BCUT2D eigenvalue weighted by atomic mass is 35.5. The van der Waals surface area contributed by atoms with E-state index in [1.807, 2.05) is 0 Å². The van der Waals surface area contributed by atoms with Crippen molar-refractivity contribution in [2.75, 3.05) is 25.5 Å². The quantitative estimate of drug-likeness (QED) is 0.681. The van der Waals surface area contributed by atoms with Gasteiger partial charge in [0, 0.05) is 12.1 Å². The number of rotatable bonds is 7. The molecule has 0 spiro atoms. The van der Waals surface area contributed by atoms with Gasteiger partial charge in [-0.3, -0.25) is 4.79 Å². The minimum Gasteiger partial charge on any atom is -0.492 e. The van der Waals surface area contributed by atoms with Gasteiger partial charge in [0.2, 0.25) is 15.9 Å². The van der Waals surface area contributed by atoms with Crippen LogP contribution in [0.15, 0.2) is 41.3 Å². The van der Waals surface area contributed by atoms with E-state index >= 15 is 0 Å². The number of hydrogen-bond acceptors (Lipinski definition) is 4. The molecule has 0 heterocycles. The smallest absolute Gasteiger partial charge is 0.247 e. The molecule has 0 unspecified atom stereocenters. The first-order valence-corrected chi connectivity index (χ1v) is 10.4. The SMILES string of the molecule is CCOc1ccc(Cl)cc1S(=O)(=O)N(C)CC(=O)Nc1cccc(Cl)c1Cl. The predicted molar refractivity (Wildman–Crippen MR) is 108 cm³/mol. The maximum Gasteiger partial charge on any atom is 0.247 e. The van der Waals surface area contributed by atoms with E-state index in [1.54, 1.807) is 25.1 Å². The van der Waals surface area contributed by atoms with Crippen molar-refractivity contribution in [3.63, 3.8) is 0 Å². The summed E-state index contributed by atoms with van der Waals surface area (Å²) in [6.07, 6.45) is 0. The molecule has 2 rings (SSSR count). The summed E-state index contributed by atoms with van der Waals surface area (Å²) >= 11 is 17.9. The molecule has 0 aliphatic rings. The normalized spacial score (nSPS) is 11.5. The molecule has 2 aromatic carbocycles. The van der Waals surface area contributed by atoms with Crippen LogP contribution in [0.2, 0.25) is 15.1 Å². The molecule has 27 heavy (non-hydrogen) atoms. The van der Waals surface area contributed by atoms with Crippen LogP contribution >= 0.6 is 34.8 Å². The Kier molecular flexibility index (Phi) is 7.36. The first-order chi connectivity index (χ1) is 12.7. The molecule has 0 bridgehead atoms. The number of nitrogens with one attached hydrogen (secondary N) is 1. The summed E-state index contributed by atoms with van der Waals surface area (Å²) in [5.74, 6) is -0.419. The van der Waals surface area contributed by atoms with Gasteiger partial charge in [-0.15, -0.1) is 0 Å². The molecule has 2 aromatic rings. The summed E-state index contributed by atoms with van der Waals surface area (Å²) in [5, 5.41) is 3.22. The number of carbonyl (C=O) groups is 1. The third-order valence-corrected chi connectivity index (χ3v) is 6.36. The molecule has 0 radical (unpaired) electrons. The maximum absolute atomic E-state index is 12.8. The lowest BCUT2D eigenvalue weighted by atomic mass is 10.3. The van der Waals surface area contributed by atoms with Crippen molar-refractivity contribution in [3.8, 4) is 5.75 Å². The second-order valence-electron chi connectivity index (χ2n) is 5.43. The Morgan fingerprint density at radius 1 is 1.19 bits per heavy atom. The predicted octanol–water partition coefficient (Wildman–Crippen LogP) is 4.30. The lowest BCUT2D eigenvalue weighted by Gasteiger charge is -2.19. The number of carbonyl (C=O) groups excluding carboxylic acids is 1. The Bertz CT molecular complexity index is 951. The van der Waals surface area contributed by atoms with E-state index in [0.717, 1.165) is 4.31 Å². The maximum atomic E-state index is 12.8. The van der Waals surface area contributed by atoms with Crippen LogP contribution in [0, 0.1) is 0 Å². The van der Waals surface area contributed by atoms with E-state index in [2.05, 4.69) is 5.32 Å². The summed E-state index contributed by atoms with van der Waals surface area (Å²) < 4.78 is 32.0. The molecule has 0 saturated heterocycles. The van der Waals surface area contributed by atoms with Crippen LogP contribution in [-0.2, 0) is 14.8 Å². The van der Waals surface area contributed by atoms with Gasteiger partial charge in [0.05, 0.1) is 28.9 Å². The van der Waals surface area contributed by atoms with Gasteiger partial charge in [0.25, 0.3) is 0 Å². The minimum absolute atomic E-state index is 0.118. The lowest BCUT2D eigenvalue weighted by molar-refractivity contribution is -0.116. The number of nitrogens with zero attached hydrogens (tertiary/aromatic N) is 1. The van der Waals surface area contributed by atoms with Gasteiger partial charge in [-0.2, -0.15) is 4.31 Å². The molecule has 1 N–H and O–H groups in total. The van der Waals surface area contributed by atoms with E-state index in [4.69, 9.17) is 39.5 Å². The van der Waals surface area contributed by atoms with Gasteiger partial charge in [0.15, 0.2) is 0 Å². The molecule has 6 nitrogen and oxygen atoms in total. The Morgan fingerprint density at radius 3 is 2.56 bits per heavy atom. The van der Waals surface area contributed by atoms with E-state index in [0.29, 0.717) is 0 Å². The Hall–Kier alpha value is -1.51. The number of benzene rings is 2. The van der Waals surface area contributed by atoms with Crippen LogP contribution in [0.3, 0.4) is 0 Å². The number of likely N-dealkylation sites (N-methyl/N-ethyl adjacent to an activating group) is 1. The minimum atomic E-state index is -4.02. The first kappa shape index (κ1) is 21.8. The fraction of sp³-hybridized carbons (Fsp3) is 0.235. The molecule has 0 aliphatic heterocycles. The van der Waals surface area contributed by atoms with Crippen molar-refractivity contribution in [1.29, 1.82) is 0 Å². The number of ether oxygens (including phenoxy) is 1. The van der Waals surface area contributed by atoms with Crippen molar-refractivity contribution in [1.82, 2.24) is 4.31 Å². The van der Waals surface area contributed by atoms with Crippen LogP contribution in [0.1, 0.15) is 6.92 Å². The largest absolute Gasteiger partial charge is 0.492 e. The average molecular weight is 452 g/mol.